The van der Waals surface area contributed by atoms with Gasteiger partial charge in [-0.05, 0) is 6.92 Å². The Bertz CT molecular complexity index is 306. The number of nitrogens with two attached hydrogens (primary N) is 1. The molecule has 1 fully saturated rings. The molecule has 0 aromatic carbocycles. The number of hydrogen-bond acceptors (Lipinski definition) is 5. The van der Waals surface area contributed by atoms with Gasteiger partial charge in [-0.2, -0.15) is 0 Å². The zero-order valence-electron chi connectivity index (χ0n) is 8.89. The van der Waals surface area contributed by atoms with Crippen molar-refractivity contribution < 1.29 is 4.74 Å². The van der Waals surface area contributed by atoms with Crippen LogP contribution in [0.25, 0.3) is 0 Å². The molecule has 1 aliphatic rings. The summed E-state index contributed by atoms with van der Waals surface area (Å²) in [5.74, 6) is 0.687. The van der Waals surface area contributed by atoms with Crippen LogP contribution >= 0.6 is 0 Å². The van der Waals surface area contributed by atoms with Crippen LogP contribution in [-0.4, -0.2) is 36.3 Å². The van der Waals surface area contributed by atoms with Gasteiger partial charge in [-0.1, -0.05) is 0 Å². The number of nitrogens with zero attached hydrogens (tertiary/aromatic N) is 3. The summed E-state index contributed by atoms with van der Waals surface area (Å²) in [4.78, 5) is 10.7. The number of ether oxygens (including phenoxy) is 1. The molecule has 15 heavy (non-hydrogen) atoms. The van der Waals surface area contributed by atoms with Crippen LogP contribution in [0.15, 0.2) is 12.4 Å². The average Bonchev–Trinajstić information content (AvgIpc) is 2.30. The van der Waals surface area contributed by atoms with E-state index in [9.17, 15) is 0 Å². The maximum Gasteiger partial charge on any atom is 0.144 e. The lowest BCUT2D eigenvalue weighted by Crippen LogP contribution is -2.36. The summed E-state index contributed by atoms with van der Waals surface area (Å²) in [5.41, 5.74) is 6.73. The van der Waals surface area contributed by atoms with Crippen LogP contribution in [0.2, 0.25) is 0 Å². The lowest BCUT2D eigenvalue weighted by Gasteiger charge is -2.28. The summed E-state index contributed by atoms with van der Waals surface area (Å²) in [5, 5.41) is 0. The summed E-state index contributed by atoms with van der Waals surface area (Å²) in [6, 6.07) is -0.108. The van der Waals surface area contributed by atoms with Gasteiger partial charge in [0.05, 0.1) is 37.3 Å². The molecule has 0 radical (unpaired) electrons. The van der Waals surface area contributed by atoms with Crippen LogP contribution in [-0.2, 0) is 4.74 Å². The highest BCUT2D eigenvalue weighted by atomic mass is 16.5. The van der Waals surface area contributed by atoms with Crippen molar-refractivity contribution in [3.8, 4) is 0 Å². The number of hydrogen-bond donors (Lipinski definition) is 1. The number of rotatable bonds is 2. The van der Waals surface area contributed by atoms with E-state index in [4.69, 9.17) is 10.5 Å². The van der Waals surface area contributed by atoms with Crippen molar-refractivity contribution in [1.29, 1.82) is 0 Å². The Morgan fingerprint density at radius 1 is 1.33 bits per heavy atom. The van der Waals surface area contributed by atoms with Gasteiger partial charge in [0, 0.05) is 13.1 Å². The topological polar surface area (TPSA) is 64.3 Å². The van der Waals surface area contributed by atoms with E-state index in [1.807, 2.05) is 19.3 Å². The lowest BCUT2D eigenvalue weighted by molar-refractivity contribution is 0.122. The molecular weight excluding hydrogens is 192 g/mol. The number of anilines is 1. The zero-order valence-corrected chi connectivity index (χ0v) is 8.89. The van der Waals surface area contributed by atoms with Crippen LogP contribution in [0.5, 0.6) is 0 Å². The Labute approximate surface area is 89.3 Å². The molecule has 0 amide bonds. The first-order valence-electron chi connectivity index (χ1n) is 5.17. The highest BCUT2D eigenvalue weighted by Gasteiger charge is 2.12. The molecule has 2 heterocycles. The fourth-order valence-corrected chi connectivity index (χ4v) is 1.55. The van der Waals surface area contributed by atoms with Crippen molar-refractivity contribution in [2.75, 3.05) is 31.2 Å². The summed E-state index contributed by atoms with van der Waals surface area (Å²) in [7, 11) is 0. The first-order valence-corrected chi connectivity index (χ1v) is 5.17. The minimum atomic E-state index is -0.108. The molecule has 0 spiro atoms. The third-order valence-electron chi connectivity index (χ3n) is 2.44. The third kappa shape index (κ3) is 2.43. The highest BCUT2D eigenvalue weighted by Crippen LogP contribution is 2.14. The molecule has 1 aromatic rings. The fraction of sp³-hybridized carbons (Fsp3) is 0.600. The molecule has 2 N–H and O–H groups in total. The molecule has 1 aliphatic heterocycles. The molecule has 0 bridgehead atoms. The summed E-state index contributed by atoms with van der Waals surface area (Å²) in [6.07, 6.45) is 3.66. The molecule has 1 unspecified atom stereocenters. The summed E-state index contributed by atoms with van der Waals surface area (Å²) >= 11 is 0. The zero-order chi connectivity index (χ0) is 10.7. The van der Waals surface area contributed by atoms with E-state index in [1.165, 1.54) is 0 Å². The molecule has 0 saturated carbocycles. The standard InChI is InChI=1S/C10H16N4O/c1-8(11)10-12-6-9(7-13-10)14-2-4-15-5-3-14/h6-8H,2-5,11H2,1H3. The van der Waals surface area contributed by atoms with Crippen molar-refractivity contribution >= 4 is 5.69 Å². The number of morpholine rings is 1. The van der Waals surface area contributed by atoms with Gasteiger partial charge in [-0.25, -0.2) is 9.97 Å². The van der Waals surface area contributed by atoms with E-state index < -0.39 is 0 Å². The van der Waals surface area contributed by atoms with Gasteiger partial charge >= 0.3 is 0 Å². The smallest absolute Gasteiger partial charge is 0.144 e. The monoisotopic (exact) mass is 208 g/mol. The first kappa shape index (κ1) is 10.3. The predicted octanol–water partition coefficient (Wildman–Crippen LogP) is 0.333. The summed E-state index contributed by atoms with van der Waals surface area (Å²) in [6.45, 7) is 5.23. The van der Waals surface area contributed by atoms with Gasteiger partial charge in [-0.3, -0.25) is 0 Å². The van der Waals surface area contributed by atoms with Crippen molar-refractivity contribution in [2.45, 2.75) is 13.0 Å². The van der Waals surface area contributed by atoms with E-state index >= 15 is 0 Å². The largest absolute Gasteiger partial charge is 0.378 e. The molecule has 2 rings (SSSR count). The lowest BCUT2D eigenvalue weighted by atomic mass is 10.3. The second kappa shape index (κ2) is 4.55. The Morgan fingerprint density at radius 3 is 2.47 bits per heavy atom. The van der Waals surface area contributed by atoms with Crippen molar-refractivity contribution in [3.63, 3.8) is 0 Å². The van der Waals surface area contributed by atoms with Crippen LogP contribution in [0.1, 0.15) is 18.8 Å². The van der Waals surface area contributed by atoms with Gasteiger partial charge in [0.1, 0.15) is 5.82 Å². The second-order valence-electron chi connectivity index (χ2n) is 3.69. The first-order chi connectivity index (χ1) is 7.27. The molecule has 1 saturated heterocycles. The van der Waals surface area contributed by atoms with Crippen LogP contribution < -0.4 is 10.6 Å². The van der Waals surface area contributed by atoms with Gasteiger partial charge in [0.2, 0.25) is 0 Å². The quantitative estimate of drug-likeness (QED) is 0.759. The van der Waals surface area contributed by atoms with Gasteiger partial charge in [-0.15, -0.1) is 0 Å². The van der Waals surface area contributed by atoms with E-state index in [-0.39, 0.29) is 6.04 Å². The minimum Gasteiger partial charge on any atom is -0.378 e. The van der Waals surface area contributed by atoms with Gasteiger partial charge < -0.3 is 15.4 Å². The van der Waals surface area contributed by atoms with Crippen molar-refractivity contribution in [1.82, 2.24) is 9.97 Å². The Morgan fingerprint density at radius 2 is 1.93 bits per heavy atom. The van der Waals surface area contributed by atoms with Crippen LogP contribution in [0.3, 0.4) is 0 Å². The van der Waals surface area contributed by atoms with Crippen LogP contribution in [0.4, 0.5) is 5.69 Å². The SMILES string of the molecule is CC(N)c1ncc(N2CCOCC2)cn1. The van der Waals surface area contributed by atoms with E-state index in [2.05, 4.69) is 14.9 Å². The van der Waals surface area contributed by atoms with Gasteiger partial charge in [0.15, 0.2) is 0 Å². The Balaban J connectivity index is 2.08. The predicted molar refractivity (Wildman–Crippen MR) is 57.7 cm³/mol. The van der Waals surface area contributed by atoms with E-state index in [1.54, 1.807) is 0 Å². The maximum absolute atomic E-state index is 5.68. The van der Waals surface area contributed by atoms with Crippen LogP contribution in [0, 0.1) is 0 Å². The molecule has 5 nitrogen and oxygen atoms in total. The second-order valence-corrected chi connectivity index (χ2v) is 3.69. The van der Waals surface area contributed by atoms with Crippen molar-refractivity contribution in [2.24, 2.45) is 5.73 Å². The fourth-order valence-electron chi connectivity index (χ4n) is 1.55. The third-order valence-corrected chi connectivity index (χ3v) is 2.44. The van der Waals surface area contributed by atoms with Gasteiger partial charge in [0.25, 0.3) is 0 Å². The average molecular weight is 208 g/mol. The molecule has 1 aromatic heterocycles. The highest BCUT2D eigenvalue weighted by molar-refractivity contribution is 5.42. The molecule has 0 aliphatic carbocycles. The Hall–Kier alpha value is -1.20. The Kier molecular flexibility index (Phi) is 3.13. The maximum atomic E-state index is 5.68. The van der Waals surface area contributed by atoms with E-state index in [0.29, 0.717) is 5.82 Å². The molecule has 1 atom stereocenters. The molecule has 82 valence electrons. The van der Waals surface area contributed by atoms with Crippen molar-refractivity contribution in [3.05, 3.63) is 18.2 Å². The van der Waals surface area contributed by atoms with E-state index in [0.717, 1.165) is 32.0 Å². The normalized spacial score (nSPS) is 18.9. The minimum absolute atomic E-state index is 0.108. The molecule has 5 heteroatoms. The molecular formula is C10H16N4O. The number of aromatic nitrogens is 2. The summed E-state index contributed by atoms with van der Waals surface area (Å²) < 4.78 is 5.28.